The first-order valence-corrected chi connectivity index (χ1v) is 6.08. The summed E-state index contributed by atoms with van der Waals surface area (Å²) in [6.45, 7) is 1.35. The molecule has 1 N–H and O–H groups in total. The third-order valence-corrected chi connectivity index (χ3v) is 2.80. The van der Waals surface area contributed by atoms with Crippen LogP contribution in [0.3, 0.4) is 0 Å². The van der Waals surface area contributed by atoms with Crippen LogP contribution in [-0.4, -0.2) is 4.98 Å². The standard InChI is InChI=1S/C13H12BrFN2/c14-12-3-1-2-10(4-12)6-16-7-11-5-13(15)9-17-8-11/h1-5,8-9,16H,6-7H2. The van der Waals surface area contributed by atoms with Crippen LogP contribution in [0.15, 0.2) is 47.2 Å². The Morgan fingerprint density at radius 3 is 2.71 bits per heavy atom. The largest absolute Gasteiger partial charge is 0.309 e. The van der Waals surface area contributed by atoms with E-state index in [9.17, 15) is 4.39 Å². The Morgan fingerprint density at radius 2 is 1.94 bits per heavy atom. The molecule has 0 aliphatic heterocycles. The zero-order valence-electron chi connectivity index (χ0n) is 9.16. The maximum atomic E-state index is 12.9. The molecule has 1 heterocycles. The minimum absolute atomic E-state index is 0.299. The van der Waals surface area contributed by atoms with Gasteiger partial charge in [0.2, 0.25) is 0 Å². The molecule has 0 bridgehead atoms. The van der Waals surface area contributed by atoms with Crippen LogP contribution < -0.4 is 5.32 Å². The van der Waals surface area contributed by atoms with Crippen LogP contribution in [0.4, 0.5) is 4.39 Å². The molecule has 17 heavy (non-hydrogen) atoms. The van der Waals surface area contributed by atoms with Gasteiger partial charge in [-0.15, -0.1) is 0 Å². The molecule has 0 aliphatic carbocycles. The lowest BCUT2D eigenvalue weighted by molar-refractivity contribution is 0.612. The Balaban J connectivity index is 1.87. The van der Waals surface area contributed by atoms with Crippen molar-refractivity contribution in [2.75, 3.05) is 0 Å². The van der Waals surface area contributed by atoms with Gasteiger partial charge in [-0.05, 0) is 29.3 Å². The molecule has 2 rings (SSSR count). The molecule has 0 saturated heterocycles. The fourth-order valence-corrected chi connectivity index (χ4v) is 2.00. The number of pyridine rings is 1. The van der Waals surface area contributed by atoms with Crippen LogP contribution >= 0.6 is 15.9 Å². The zero-order chi connectivity index (χ0) is 12.1. The average molecular weight is 295 g/mol. The van der Waals surface area contributed by atoms with Crippen LogP contribution in [0.2, 0.25) is 0 Å². The molecule has 0 unspecified atom stereocenters. The van der Waals surface area contributed by atoms with Gasteiger partial charge in [0.25, 0.3) is 0 Å². The fourth-order valence-electron chi connectivity index (χ4n) is 1.55. The van der Waals surface area contributed by atoms with Gasteiger partial charge in [-0.3, -0.25) is 4.98 Å². The fraction of sp³-hybridized carbons (Fsp3) is 0.154. The first kappa shape index (κ1) is 12.2. The second kappa shape index (κ2) is 5.89. The molecule has 0 aliphatic rings. The molecule has 0 atom stereocenters. The number of hydrogen-bond donors (Lipinski definition) is 1. The van der Waals surface area contributed by atoms with Crippen LogP contribution in [0.5, 0.6) is 0 Å². The minimum Gasteiger partial charge on any atom is -0.309 e. The van der Waals surface area contributed by atoms with E-state index in [1.807, 2.05) is 18.2 Å². The van der Waals surface area contributed by atoms with E-state index in [0.29, 0.717) is 6.54 Å². The molecule has 0 saturated carbocycles. The van der Waals surface area contributed by atoms with Crippen LogP contribution in [-0.2, 0) is 13.1 Å². The van der Waals surface area contributed by atoms with Gasteiger partial charge in [-0.1, -0.05) is 28.1 Å². The Labute approximate surface area is 108 Å². The third kappa shape index (κ3) is 3.91. The van der Waals surface area contributed by atoms with Gasteiger partial charge in [-0.2, -0.15) is 0 Å². The summed E-state index contributed by atoms with van der Waals surface area (Å²) < 4.78 is 13.9. The molecule has 0 fully saturated rings. The maximum absolute atomic E-state index is 12.9. The molecule has 2 aromatic rings. The highest BCUT2D eigenvalue weighted by Gasteiger charge is 1.97. The number of hydrogen-bond acceptors (Lipinski definition) is 2. The summed E-state index contributed by atoms with van der Waals surface area (Å²) in [5.74, 6) is -0.299. The molecule has 0 amide bonds. The van der Waals surface area contributed by atoms with Crippen LogP contribution in [0, 0.1) is 5.82 Å². The van der Waals surface area contributed by atoms with E-state index < -0.39 is 0 Å². The maximum Gasteiger partial charge on any atom is 0.141 e. The van der Waals surface area contributed by atoms with Crippen molar-refractivity contribution in [1.82, 2.24) is 10.3 Å². The molecule has 88 valence electrons. The van der Waals surface area contributed by atoms with Gasteiger partial charge >= 0.3 is 0 Å². The van der Waals surface area contributed by atoms with Crippen LogP contribution in [0.1, 0.15) is 11.1 Å². The van der Waals surface area contributed by atoms with E-state index in [1.165, 1.54) is 17.8 Å². The van der Waals surface area contributed by atoms with Gasteiger partial charge < -0.3 is 5.32 Å². The molecule has 1 aromatic heterocycles. The van der Waals surface area contributed by atoms with Crippen molar-refractivity contribution >= 4 is 15.9 Å². The Kier molecular flexibility index (Phi) is 4.23. The molecule has 4 heteroatoms. The summed E-state index contributed by atoms with van der Waals surface area (Å²) in [5, 5.41) is 3.24. The lowest BCUT2D eigenvalue weighted by Gasteiger charge is -2.05. The second-order valence-corrected chi connectivity index (χ2v) is 4.66. The predicted molar refractivity (Wildman–Crippen MR) is 68.9 cm³/mol. The molecular weight excluding hydrogens is 283 g/mol. The van der Waals surface area contributed by atoms with Gasteiger partial charge in [0.1, 0.15) is 5.82 Å². The highest BCUT2D eigenvalue weighted by Crippen LogP contribution is 2.11. The van der Waals surface area contributed by atoms with Gasteiger partial charge in [0.15, 0.2) is 0 Å². The van der Waals surface area contributed by atoms with Crippen molar-refractivity contribution in [2.24, 2.45) is 0 Å². The van der Waals surface area contributed by atoms with Gasteiger partial charge in [0.05, 0.1) is 6.20 Å². The Hall–Kier alpha value is -1.26. The van der Waals surface area contributed by atoms with Gasteiger partial charge in [0, 0.05) is 23.8 Å². The zero-order valence-corrected chi connectivity index (χ0v) is 10.7. The predicted octanol–water partition coefficient (Wildman–Crippen LogP) is 3.27. The summed E-state index contributed by atoms with van der Waals surface area (Å²) >= 11 is 3.42. The van der Waals surface area contributed by atoms with Crippen molar-refractivity contribution in [3.05, 3.63) is 64.1 Å². The van der Waals surface area contributed by atoms with Crippen molar-refractivity contribution in [1.29, 1.82) is 0 Å². The first-order valence-electron chi connectivity index (χ1n) is 5.28. The monoisotopic (exact) mass is 294 g/mol. The topological polar surface area (TPSA) is 24.9 Å². The number of benzene rings is 1. The van der Waals surface area contributed by atoms with Crippen LogP contribution in [0.25, 0.3) is 0 Å². The first-order chi connectivity index (χ1) is 8.24. The minimum atomic E-state index is -0.299. The highest BCUT2D eigenvalue weighted by atomic mass is 79.9. The quantitative estimate of drug-likeness (QED) is 0.936. The van der Waals surface area contributed by atoms with E-state index in [2.05, 4.69) is 32.3 Å². The van der Waals surface area contributed by atoms with Crippen molar-refractivity contribution in [3.63, 3.8) is 0 Å². The summed E-state index contributed by atoms with van der Waals surface area (Å²) in [4.78, 5) is 3.80. The number of halogens is 2. The van der Waals surface area contributed by atoms with Gasteiger partial charge in [-0.25, -0.2) is 4.39 Å². The summed E-state index contributed by atoms with van der Waals surface area (Å²) in [7, 11) is 0. The average Bonchev–Trinajstić information content (AvgIpc) is 2.29. The number of aromatic nitrogens is 1. The Bertz CT molecular complexity index is 457. The summed E-state index contributed by atoms with van der Waals surface area (Å²) in [6, 6.07) is 9.56. The number of nitrogens with one attached hydrogen (secondary N) is 1. The molecule has 2 nitrogen and oxygen atoms in total. The summed E-state index contributed by atoms with van der Waals surface area (Å²) in [5.41, 5.74) is 2.03. The molecule has 0 spiro atoms. The molecule has 0 radical (unpaired) electrons. The molecule has 1 aromatic carbocycles. The third-order valence-electron chi connectivity index (χ3n) is 2.31. The number of nitrogens with zero attached hydrogens (tertiary/aromatic N) is 1. The Morgan fingerprint density at radius 1 is 1.12 bits per heavy atom. The lowest BCUT2D eigenvalue weighted by atomic mass is 10.2. The van der Waals surface area contributed by atoms with Crippen molar-refractivity contribution < 1.29 is 4.39 Å². The molecular formula is C13H12BrFN2. The van der Waals surface area contributed by atoms with E-state index in [-0.39, 0.29) is 5.82 Å². The van der Waals surface area contributed by atoms with E-state index in [4.69, 9.17) is 0 Å². The SMILES string of the molecule is Fc1cncc(CNCc2cccc(Br)c2)c1. The number of rotatable bonds is 4. The van der Waals surface area contributed by atoms with E-state index in [1.54, 1.807) is 6.20 Å². The van der Waals surface area contributed by atoms with E-state index in [0.717, 1.165) is 16.6 Å². The van der Waals surface area contributed by atoms with Crippen molar-refractivity contribution in [2.45, 2.75) is 13.1 Å². The second-order valence-electron chi connectivity index (χ2n) is 3.74. The normalized spacial score (nSPS) is 10.5. The van der Waals surface area contributed by atoms with E-state index >= 15 is 0 Å². The smallest absolute Gasteiger partial charge is 0.141 e. The highest BCUT2D eigenvalue weighted by molar-refractivity contribution is 9.10. The summed E-state index contributed by atoms with van der Waals surface area (Å²) in [6.07, 6.45) is 2.87. The lowest BCUT2D eigenvalue weighted by Crippen LogP contribution is -2.12. The van der Waals surface area contributed by atoms with Crippen molar-refractivity contribution in [3.8, 4) is 0 Å².